The standard InChI is InChI=1S/C21H27ClN4O/c1-23-9-3-7-19(23)20-8-4-10-26(20)16-21(27)25-13-11-24(12-14-25)18-6-2-5-17(22)15-18/h2-3,5-7,9,15,20H,4,8,10-14,16H2,1H3/p+1/t20-/m0/s1. The van der Waals surface area contributed by atoms with Gasteiger partial charge < -0.3 is 19.3 Å². The van der Waals surface area contributed by atoms with Crippen LogP contribution in [0.15, 0.2) is 42.6 Å². The molecule has 2 aliphatic heterocycles. The van der Waals surface area contributed by atoms with Crippen molar-refractivity contribution in [3.8, 4) is 0 Å². The second kappa shape index (κ2) is 7.95. The molecule has 2 fully saturated rings. The number of halogens is 1. The molecule has 5 nitrogen and oxygen atoms in total. The Bertz CT molecular complexity index is 797. The Morgan fingerprint density at radius 3 is 2.70 bits per heavy atom. The van der Waals surface area contributed by atoms with Crippen molar-refractivity contribution < 1.29 is 9.69 Å². The number of amides is 1. The van der Waals surface area contributed by atoms with Crippen LogP contribution in [0.1, 0.15) is 24.6 Å². The molecular weight excluding hydrogens is 360 g/mol. The largest absolute Gasteiger partial charge is 0.368 e. The van der Waals surface area contributed by atoms with E-state index in [0.717, 1.165) is 43.4 Å². The van der Waals surface area contributed by atoms with Gasteiger partial charge in [-0.25, -0.2) is 0 Å². The smallest absolute Gasteiger partial charge is 0.277 e. The van der Waals surface area contributed by atoms with Crippen LogP contribution in [0.3, 0.4) is 0 Å². The third kappa shape index (κ3) is 3.99. The monoisotopic (exact) mass is 387 g/mol. The summed E-state index contributed by atoms with van der Waals surface area (Å²) in [6.45, 7) is 4.99. The number of aryl methyl sites for hydroxylation is 1. The SMILES string of the molecule is Cn1cccc1[C@@H]1CCC[NH+]1CC(=O)N1CCN(c2cccc(Cl)c2)CC1. The number of rotatable bonds is 4. The van der Waals surface area contributed by atoms with E-state index in [4.69, 9.17) is 11.6 Å². The average Bonchev–Trinajstić information content (AvgIpc) is 3.30. The highest BCUT2D eigenvalue weighted by Crippen LogP contribution is 2.21. The van der Waals surface area contributed by atoms with Gasteiger partial charge in [0.2, 0.25) is 0 Å². The summed E-state index contributed by atoms with van der Waals surface area (Å²) in [5.41, 5.74) is 2.49. The number of carbonyl (C=O) groups is 1. The molecule has 2 aliphatic rings. The van der Waals surface area contributed by atoms with Crippen LogP contribution in [0.25, 0.3) is 0 Å². The summed E-state index contributed by atoms with van der Waals surface area (Å²) in [6, 6.07) is 12.7. The van der Waals surface area contributed by atoms with Crippen molar-refractivity contribution in [2.75, 3.05) is 44.2 Å². The van der Waals surface area contributed by atoms with Crippen molar-refractivity contribution in [1.82, 2.24) is 9.47 Å². The molecule has 2 saturated heterocycles. The first-order valence-electron chi connectivity index (χ1n) is 9.86. The topological polar surface area (TPSA) is 32.9 Å². The normalized spacial score (nSPS) is 23.0. The maximum atomic E-state index is 12.9. The maximum absolute atomic E-state index is 12.9. The van der Waals surface area contributed by atoms with Crippen molar-refractivity contribution >= 4 is 23.2 Å². The lowest BCUT2D eigenvalue weighted by atomic mass is 10.1. The average molecular weight is 388 g/mol. The van der Waals surface area contributed by atoms with E-state index in [9.17, 15) is 4.79 Å². The Balaban J connectivity index is 1.34. The van der Waals surface area contributed by atoms with E-state index in [2.05, 4.69) is 40.9 Å². The molecule has 0 radical (unpaired) electrons. The van der Waals surface area contributed by atoms with E-state index in [1.54, 1.807) is 0 Å². The Morgan fingerprint density at radius 2 is 2.00 bits per heavy atom. The summed E-state index contributed by atoms with van der Waals surface area (Å²) in [4.78, 5) is 18.7. The summed E-state index contributed by atoms with van der Waals surface area (Å²) in [5, 5.41) is 0.760. The number of nitrogens with zero attached hydrogens (tertiary/aromatic N) is 3. The molecule has 4 rings (SSSR count). The number of benzene rings is 1. The van der Waals surface area contributed by atoms with Crippen molar-refractivity contribution in [3.63, 3.8) is 0 Å². The van der Waals surface area contributed by atoms with E-state index >= 15 is 0 Å². The van der Waals surface area contributed by atoms with Gasteiger partial charge in [0.15, 0.2) is 6.54 Å². The van der Waals surface area contributed by atoms with E-state index < -0.39 is 0 Å². The Morgan fingerprint density at radius 1 is 1.19 bits per heavy atom. The minimum absolute atomic E-state index is 0.289. The molecule has 144 valence electrons. The van der Waals surface area contributed by atoms with Gasteiger partial charge in [-0.15, -0.1) is 0 Å². The van der Waals surface area contributed by atoms with Crippen LogP contribution < -0.4 is 9.80 Å². The summed E-state index contributed by atoms with van der Waals surface area (Å²) in [6.07, 6.45) is 4.46. The number of likely N-dealkylation sites (tertiary alicyclic amines) is 1. The van der Waals surface area contributed by atoms with Gasteiger partial charge in [0.25, 0.3) is 5.91 Å². The quantitative estimate of drug-likeness (QED) is 0.867. The fraction of sp³-hybridized carbons (Fsp3) is 0.476. The molecule has 1 N–H and O–H groups in total. The highest BCUT2D eigenvalue weighted by atomic mass is 35.5. The van der Waals surface area contributed by atoms with Crippen molar-refractivity contribution in [3.05, 3.63) is 53.3 Å². The molecule has 0 saturated carbocycles. The molecule has 3 heterocycles. The van der Waals surface area contributed by atoms with Crippen LogP contribution >= 0.6 is 11.6 Å². The van der Waals surface area contributed by atoms with Gasteiger partial charge in [-0.2, -0.15) is 0 Å². The lowest BCUT2D eigenvalue weighted by Gasteiger charge is -2.36. The Kier molecular flexibility index (Phi) is 5.41. The molecule has 1 aromatic heterocycles. The second-order valence-corrected chi connectivity index (χ2v) is 8.11. The first-order valence-corrected chi connectivity index (χ1v) is 10.2. The van der Waals surface area contributed by atoms with Crippen molar-refractivity contribution in [2.45, 2.75) is 18.9 Å². The van der Waals surface area contributed by atoms with Crippen molar-refractivity contribution in [2.24, 2.45) is 7.05 Å². The van der Waals surface area contributed by atoms with E-state index in [1.807, 2.05) is 23.1 Å². The molecule has 1 unspecified atom stereocenters. The third-order valence-corrected chi connectivity index (χ3v) is 6.24. The van der Waals surface area contributed by atoms with Gasteiger partial charge >= 0.3 is 0 Å². The summed E-state index contributed by atoms with van der Waals surface area (Å²) in [5.74, 6) is 0.289. The molecule has 27 heavy (non-hydrogen) atoms. The van der Waals surface area contributed by atoms with Gasteiger partial charge in [0.05, 0.1) is 12.2 Å². The summed E-state index contributed by atoms with van der Waals surface area (Å²) < 4.78 is 2.20. The molecule has 0 aliphatic carbocycles. The lowest BCUT2D eigenvalue weighted by Crippen LogP contribution is -3.11. The zero-order chi connectivity index (χ0) is 18.8. The third-order valence-electron chi connectivity index (χ3n) is 6.01. The number of aromatic nitrogens is 1. The van der Waals surface area contributed by atoms with E-state index in [1.165, 1.54) is 23.4 Å². The van der Waals surface area contributed by atoms with Crippen LogP contribution in [0, 0.1) is 0 Å². The summed E-state index contributed by atoms with van der Waals surface area (Å²) >= 11 is 6.11. The molecule has 2 aromatic rings. The molecule has 1 aromatic carbocycles. The van der Waals surface area contributed by atoms with Gasteiger partial charge in [-0.1, -0.05) is 17.7 Å². The first-order chi connectivity index (χ1) is 13.1. The number of quaternary nitrogens is 1. The lowest BCUT2D eigenvalue weighted by molar-refractivity contribution is -0.911. The van der Waals surface area contributed by atoms with E-state index in [-0.39, 0.29) is 5.91 Å². The highest BCUT2D eigenvalue weighted by molar-refractivity contribution is 6.30. The van der Waals surface area contributed by atoms with Crippen LogP contribution in [-0.4, -0.2) is 54.6 Å². The minimum Gasteiger partial charge on any atom is -0.368 e. The first kappa shape index (κ1) is 18.4. The predicted molar refractivity (Wildman–Crippen MR) is 108 cm³/mol. The molecule has 0 bridgehead atoms. The Labute approximate surface area is 166 Å². The molecule has 6 heteroatoms. The van der Waals surface area contributed by atoms with Gasteiger partial charge in [-0.3, -0.25) is 4.79 Å². The minimum atomic E-state index is 0.289. The fourth-order valence-corrected chi connectivity index (χ4v) is 4.69. The van der Waals surface area contributed by atoms with Crippen LogP contribution in [0.2, 0.25) is 5.02 Å². The number of piperazine rings is 1. The second-order valence-electron chi connectivity index (χ2n) is 7.67. The number of hydrogen-bond acceptors (Lipinski definition) is 2. The molecule has 0 spiro atoms. The van der Waals surface area contributed by atoms with E-state index in [0.29, 0.717) is 12.6 Å². The zero-order valence-corrected chi connectivity index (χ0v) is 16.7. The maximum Gasteiger partial charge on any atom is 0.277 e. The number of nitrogens with one attached hydrogen (secondary N) is 1. The van der Waals surface area contributed by atoms with Gasteiger partial charge in [0, 0.05) is 63.0 Å². The van der Waals surface area contributed by atoms with Gasteiger partial charge in [0.1, 0.15) is 6.04 Å². The summed E-state index contributed by atoms with van der Waals surface area (Å²) in [7, 11) is 2.10. The highest BCUT2D eigenvalue weighted by Gasteiger charge is 2.34. The van der Waals surface area contributed by atoms with Crippen LogP contribution in [0.5, 0.6) is 0 Å². The molecule has 2 atom stereocenters. The van der Waals surface area contributed by atoms with Gasteiger partial charge in [-0.05, 0) is 30.3 Å². The number of carbonyl (C=O) groups excluding carboxylic acids is 1. The zero-order valence-electron chi connectivity index (χ0n) is 15.9. The molecular formula is C21H28ClN4O+. The molecule has 1 amide bonds. The number of anilines is 1. The fourth-order valence-electron chi connectivity index (χ4n) is 4.51. The Hall–Kier alpha value is -1.98. The van der Waals surface area contributed by atoms with Crippen LogP contribution in [0.4, 0.5) is 5.69 Å². The predicted octanol–water partition coefficient (Wildman–Crippen LogP) is 1.75. The number of hydrogen-bond donors (Lipinski definition) is 1. The van der Waals surface area contributed by atoms with Crippen LogP contribution in [-0.2, 0) is 11.8 Å². The van der Waals surface area contributed by atoms with Crippen molar-refractivity contribution in [1.29, 1.82) is 0 Å².